The molecule has 1 N–H and O–H groups in total. The minimum Gasteiger partial charge on any atom is -0.345 e. The largest absolute Gasteiger partial charge is 0.345 e. The predicted molar refractivity (Wildman–Crippen MR) is 67.0 cm³/mol. The molecule has 2 aromatic heterocycles. The van der Waals surface area contributed by atoms with Crippen molar-refractivity contribution in [1.29, 1.82) is 0 Å². The number of carbonyl (C=O) groups excluding carboxylic acids is 1. The minimum absolute atomic E-state index is 0.0774. The fourth-order valence-electron chi connectivity index (χ4n) is 1.94. The van der Waals surface area contributed by atoms with Crippen LogP contribution in [0.1, 0.15) is 34.6 Å². The van der Waals surface area contributed by atoms with Crippen LogP contribution in [0.15, 0.2) is 18.6 Å². The molecular weight excluding hydrogens is 230 g/mol. The van der Waals surface area contributed by atoms with Gasteiger partial charge in [0.05, 0.1) is 23.5 Å². The van der Waals surface area contributed by atoms with E-state index in [1.807, 2.05) is 27.1 Å². The fourth-order valence-corrected chi connectivity index (χ4v) is 1.94. The van der Waals surface area contributed by atoms with E-state index in [0.29, 0.717) is 5.56 Å². The van der Waals surface area contributed by atoms with Gasteiger partial charge in [-0.2, -0.15) is 10.2 Å². The van der Waals surface area contributed by atoms with E-state index >= 15 is 0 Å². The molecule has 96 valence electrons. The Morgan fingerprint density at radius 3 is 2.56 bits per heavy atom. The van der Waals surface area contributed by atoms with Gasteiger partial charge in [-0.05, 0) is 13.8 Å². The summed E-state index contributed by atoms with van der Waals surface area (Å²) in [4.78, 5) is 12.0. The molecule has 0 radical (unpaired) electrons. The molecule has 1 atom stereocenters. The third-order valence-electron chi connectivity index (χ3n) is 2.83. The summed E-state index contributed by atoms with van der Waals surface area (Å²) in [6.45, 7) is 3.88. The summed E-state index contributed by atoms with van der Waals surface area (Å²) < 4.78 is 3.35. The zero-order valence-electron chi connectivity index (χ0n) is 11.0. The number of nitrogens with zero attached hydrogens (tertiary/aromatic N) is 4. The lowest BCUT2D eigenvalue weighted by atomic mass is 10.1. The molecule has 0 aliphatic heterocycles. The Bertz CT molecular complexity index is 569. The van der Waals surface area contributed by atoms with Gasteiger partial charge in [-0.25, -0.2) is 0 Å². The molecule has 0 aliphatic rings. The topological polar surface area (TPSA) is 64.7 Å². The van der Waals surface area contributed by atoms with Crippen molar-refractivity contribution in [2.75, 3.05) is 0 Å². The van der Waals surface area contributed by atoms with Crippen molar-refractivity contribution >= 4 is 5.91 Å². The maximum Gasteiger partial charge on any atom is 0.254 e. The number of aromatic nitrogens is 4. The molecule has 2 heterocycles. The predicted octanol–water partition coefficient (Wildman–Crippen LogP) is 0.953. The lowest BCUT2D eigenvalue weighted by Gasteiger charge is -2.12. The first kappa shape index (κ1) is 12.3. The summed E-state index contributed by atoms with van der Waals surface area (Å²) in [6, 6.07) is -0.0774. The van der Waals surface area contributed by atoms with E-state index in [1.54, 1.807) is 28.8 Å². The first-order valence-electron chi connectivity index (χ1n) is 5.77. The van der Waals surface area contributed by atoms with E-state index in [-0.39, 0.29) is 11.9 Å². The van der Waals surface area contributed by atoms with E-state index in [9.17, 15) is 4.79 Å². The first-order valence-corrected chi connectivity index (χ1v) is 5.77. The third-order valence-corrected chi connectivity index (χ3v) is 2.83. The van der Waals surface area contributed by atoms with E-state index in [4.69, 9.17) is 0 Å². The highest BCUT2D eigenvalue weighted by Gasteiger charge is 2.16. The molecule has 0 spiro atoms. The van der Waals surface area contributed by atoms with Gasteiger partial charge in [-0.15, -0.1) is 0 Å². The first-order chi connectivity index (χ1) is 8.47. The van der Waals surface area contributed by atoms with Crippen LogP contribution >= 0.6 is 0 Å². The molecule has 0 bridgehead atoms. The number of aryl methyl sites for hydroxylation is 3. The highest BCUT2D eigenvalue weighted by atomic mass is 16.1. The van der Waals surface area contributed by atoms with E-state index in [0.717, 1.165) is 11.3 Å². The molecular formula is C12H17N5O. The van der Waals surface area contributed by atoms with E-state index in [1.165, 1.54) is 0 Å². The van der Waals surface area contributed by atoms with Crippen LogP contribution in [0.25, 0.3) is 0 Å². The second-order valence-electron chi connectivity index (χ2n) is 4.44. The zero-order valence-corrected chi connectivity index (χ0v) is 11.0. The van der Waals surface area contributed by atoms with Crippen LogP contribution in [0, 0.1) is 6.92 Å². The Morgan fingerprint density at radius 1 is 1.33 bits per heavy atom. The molecule has 6 nitrogen and oxygen atoms in total. The molecule has 2 rings (SSSR count). The lowest BCUT2D eigenvalue weighted by molar-refractivity contribution is 0.0939. The zero-order chi connectivity index (χ0) is 13.3. The fraction of sp³-hybridized carbons (Fsp3) is 0.417. The number of hydrogen-bond donors (Lipinski definition) is 1. The molecule has 0 saturated heterocycles. The molecule has 0 aliphatic carbocycles. The number of carbonyl (C=O) groups is 1. The lowest BCUT2D eigenvalue weighted by Crippen LogP contribution is -2.26. The van der Waals surface area contributed by atoms with Crippen LogP contribution in [-0.4, -0.2) is 25.5 Å². The summed E-state index contributed by atoms with van der Waals surface area (Å²) in [6.07, 6.45) is 5.17. The summed E-state index contributed by atoms with van der Waals surface area (Å²) in [5, 5.41) is 11.2. The van der Waals surface area contributed by atoms with Crippen molar-refractivity contribution in [3.63, 3.8) is 0 Å². The van der Waals surface area contributed by atoms with Crippen LogP contribution in [0.5, 0.6) is 0 Å². The molecule has 1 unspecified atom stereocenters. The van der Waals surface area contributed by atoms with Crippen LogP contribution < -0.4 is 5.32 Å². The van der Waals surface area contributed by atoms with Crippen LogP contribution in [0.4, 0.5) is 0 Å². The SMILES string of the molecule is Cc1nn(C)cc1C(C)NC(=O)c1cnn(C)c1. The van der Waals surface area contributed by atoms with Gasteiger partial charge < -0.3 is 5.32 Å². The molecule has 0 aromatic carbocycles. The molecule has 0 fully saturated rings. The van der Waals surface area contributed by atoms with Gasteiger partial charge in [-0.3, -0.25) is 14.2 Å². The monoisotopic (exact) mass is 247 g/mol. The number of rotatable bonds is 3. The van der Waals surface area contributed by atoms with Crippen molar-refractivity contribution in [3.8, 4) is 0 Å². The van der Waals surface area contributed by atoms with E-state index in [2.05, 4.69) is 15.5 Å². The molecule has 1 amide bonds. The Kier molecular flexibility index (Phi) is 3.18. The van der Waals surface area contributed by atoms with Gasteiger partial charge in [-0.1, -0.05) is 0 Å². The molecule has 6 heteroatoms. The highest BCUT2D eigenvalue weighted by molar-refractivity contribution is 5.93. The van der Waals surface area contributed by atoms with Gasteiger partial charge in [0.2, 0.25) is 0 Å². The second kappa shape index (κ2) is 4.64. The Morgan fingerprint density at radius 2 is 2.06 bits per heavy atom. The van der Waals surface area contributed by atoms with Gasteiger partial charge in [0, 0.05) is 32.1 Å². The standard InChI is InChI=1S/C12H17N5O/c1-8(11-7-17(4)15-9(11)2)14-12(18)10-5-13-16(3)6-10/h5-8H,1-4H3,(H,14,18). The minimum atomic E-state index is -0.126. The van der Waals surface area contributed by atoms with Crippen molar-refractivity contribution in [2.45, 2.75) is 19.9 Å². The second-order valence-corrected chi connectivity index (χ2v) is 4.44. The van der Waals surface area contributed by atoms with Gasteiger partial charge in [0.25, 0.3) is 5.91 Å². The maximum absolute atomic E-state index is 12.0. The quantitative estimate of drug-likeness (QED) is 0.878. The maximum atomic E-state index is 12.0. The molecule has 2 aromatic rings. The number of amides is 1. The van der Waals surface area contributed by atoms with Crippen molar-refractivity contribution in [3.05, 3.63) is 35.4 Å². The Labute approximate surface area is 106 Å². The number of hydrogen-bond acceptors (Lipinski definition) is 3. The summed E-state index contributed by atoms with van der Waals surface area (Å²) >= 11 is 0. The summed E-state index contributed by atoms with van der Waals surface area (Å²) in [5.74, 6) is -0.126. The summed E-state index contributed by atoms with van der Waals surface area (Å²) in [7, 11) is 3.65. The van der Waals surface area contributed by atoms with Crippen LogP contribution in [0.2, 0.25) is 0 Å². The normalized spacial score (nSPS) is 12.4. The van der Waals surface area contributed by atoms with Crippen molar-refractivity contribution < 1.29 is 4.79 Å². The van der Waals surface area contributed by atoms with Crippen LogP contribution in [-0.2, 0) is 14.1 Å². The van der Waals surface area contributed by atoms with Crippen molar-refractivity contribution in [1.82, 2.24) is 24.9 Å². The van der Waals surface area contributed by atoms with Crippen LogP contribution in [0.3, 0.4) is 0 Å². The van der Waals surface area contributed by atoms with Gasteiger partial charge in [0.15, 0.2) is 0 Å². The number of nitrogens with one attached hydrogen (secondary N) is 1. The average Bonchev–Trinajstić information content (AvgIpc) is 2.84. The molecule has 0 saturated carbocycles. The molecule has 18 heavy (non-hydrogen) atoms. The van der Waals surface area contributed by atoms with Gasteiger partial charge >= 0.3 is 0 Å². The van der Waals surface area contributed by atoms with E-state index < -0.39 is 0 Å². The van der Waals surface area contributed by atoms with Gasteiger partial charge in [0.1, 0.15) is 0 Å². The Balaban J connectivity index is 2.10. The smallest absolute Gasteiger partial charge is 0.254 e. The third kappa shape index (κ3) is 2.42. The highest BCUT2D eigenvalue weighted by Crippen LogP contribution is 2.16. The van der Waals surface area contributed by atoms with Crippen molar-refractivity contribution in [2.24, 2.45) is 14.1 Å². The average molecular weight is 247 g/mol. The Hall–Kier alpha value is -2.11. The summed E-state index contributed by atoms with van der Waals surface area (Å²) in [5.41, 5.74) is 2.51.